The van der Waals surface area contributed by atoms with Crippen LogP contribution in [0.25, 0.3) is 0 Å². The van der Waals surface area contributed by atoms with Crippen molar-refractivity contribution in [2.45, 2.75) is 11.8 Å². The molecule has 0 saturated heterocycles. The second-order valence-corrected chi connectivity index (χ2v) is 5.11. The minimum atomic E-state index is -0.926. The molecule has 0 saturated carbocycles. The van der Waals surface area contributed by atoms with E-state index < -0.39 is 10.9 Å². The Morgan fingerprint density at radius 1 is 1.56 bits per heavy atom. The Kier molecular flexibility index (Phi) is 3.83. The van der Waals surface area contributed by atoms with Crippen LogP contribution in [0.5, 0.6) is 0 Å². The molecule has 50 valence electrons. The van der Waals surface area contributed by atoms with Gasteiger partial charge in [-0.1, -0.05) is 23.6 Å². The summed E-state index contributed by atoms with van der Waals surface area (Å²) >= 11 is 9.16. The fraction of sp³-hybridized carbons (Fsp3) is 0.667. The van der Waals surface area contributed by atoms with Gasteiger partial charge in [-0.15, -0.1) is 0 Å². The first-order chi connectivity index (χ1) is 4.06. The molecule has 0 aliphatic heterocycles. The quantitative estimate of drug-likeness (QED) is 0.699. The molecule has 9 heavy (non-hydrogen) atoms. The van der Waals surface area contributed by atoms with Gasteiger partial charge in [0.2, 0.25) is 0 Å². The lowest BCUT2D eigenvalue weighted by atomic mass is 10.5. The number of rotatable bonds is 3. The first-order valence-electron chi connectivity index (χ1n) is 1.99. The first-order valence-corrected chi connectivity index (χ1v) is 5.81. The minimum absolute atomic E-state index is 0.399. The van der Waals surface area contributed by atoms with E-state index >= 15 is 0 Å². The molecule has 0 rings (SSSR count). The summed E-state index contributed by atoms with van der Waals surface area (Å²) in [5.41, 5.74) is 0. The molecule has 0 aromatic heterocycles. The van der Waals surface area contributed by atoms with Gasteiger partial charge in [-0.25, -0.2) is 0 Å². The number of carbonyl (C=O) groups is 1. The van der Waals surface area contributed by atoms with Gasteiger partial charge in [-0.3, -0.25) is 4.79 Å². The molecule has 0 fully saturated rings. The van der Waals surface area contributed by atoms with E-state index in [1.54, 1.807) is 6.92 Å². The number of carboxylic acids is 1. The lowest BCUT2D eigenvalue weighted by Crippen LogP contribution is -2.20. The summed E-state index contributed by atoms with van der Waals surface area (Å²) in [6.07, 6.45) is 0. The van der Waals surface area contributed by atoms with Crippen molar-refractivity contribution in [1.29, 1.82) is 0 Å². The van der Waals surface area contributed by atoms with Gasteiger partial charge in [0.1, 0.15) is 0 Å². The largest absolute Gasteiger partial charge is 0.480 e. The van der Waals surface area contributed by atoms with E-state index in [0.29, 0.717) is 14.7 Å². The molecule has 0 heterocycles. The van der Waals surface area contributed by atoms with Crippen LogP contribution in [0, 0.1) is 0 Å². The molecule has 2 nitrogen and oxygen atoms in total. The molecule has 0 aromatic carbocycles. The summed E-state index contributed by atoms with van der Waals surface area (Å²) < 4.78 is 0. The van der Waals surface area contributed by atoms with Gasteiger partial charge in [0.05, 0.1) is 0 Å². The lowest BCUT2D eigenvalue weighted by molar-refractivity contribution is -0.137. The fourth-order valence-corrected chi connectivity index (χ4v) is 2.05. The van der Waals surface area contributed by atoms with Gasteiger partial charge in [0.25, 0.3) is 0 Å². The van der Waals surface area contributed by atoms with Crippen molar-refractivity contribution in [3.8, 4) is 0 Å². The topological polar surface area (TPSA) is 37.3 Å². The van der Waals surface area contributed by atoms with Crippen LogP contribution < -0.4 is 0 Å². The molecule has 0 aliphatic rings. The SMILES string of the molecule is CC(P=S)(P=S)C(=O)O. The zero-order chi connectivity index (χ0) is 7.49. The normalized spacial score (nSPS) is 17.4. The predicted molar refractivity (Wildman–Crippen MR) is 44.6 cm³/mol. The van der Waals surface area contributed by atoms with Crippen molar-refractivity contribution in [1.82, 2.24) is 0 Å². The van der Waals surface area contributed by atoms with Crippen molar-refractivity contribution in [3.63, 3.8) is 0 Å². The highest BCUT2D eigenvalue weighted by molar-refractivity contribution is 8.06. The molecule has 0 atom stereocenters. The van der Waals surface area contributed by atoms with Crippen LogP contribution in [0.1, 0.15) is 6.92 Å². The molecule has 0 aromatic rings. The Bertz CT molecular complexity index is 150. The van der Waals surface area contributed by atoms with E-state index in [0.717, 1.165) is 0 Å². The van der Waals surface area contributed by atoms with Gasteiger partial charge in [-0.2, -0.15) is 0 Å². The first kappa shape index (κ1) is 9.51. The van der Waals surface area contributed by atoms with Gasteiger partial charge in [0.15, 0.2) is 4.90 Å². The lowest BCUT2D eigenvalue weighted by Gasteiger charge is -2.08. The second-order valence-electron chi connectivity index (χ2n) is 1.51. The Morgan fingerprint density at radius 3 is 1.89 bits per heavy atom. The molecule has 6 heteroatoms. The van der Waals surface area contributed by atoms with E-state index in [1.165, 1.54) is 0 Å². The van der Waals surface area contributed by atoms with Crippen molar-refractivity contribution >= 4 is 44.3 Å². The molecular formula is C3H4O2P2S2. The Labute approximate surface area is 66.3 Å². The Morgan fingerprint density at radius 2 is 1.89 bits per heavy atom. The number of aliphatic carboxylic acids is 1. The van der Waals surface area contributed by atoms with Crippen LogP contribution in [0.4, 0.5) is 0 Å². The number of hydrogen-bond acceptors (Lipinski definition) is 3. The third kappa shape index (κ3) is 2.30. The number of carboxylic acid groups (broad SMARTS) is 1. The molecule has 0 amide bonds. The third-order valence-electron chi connectivity index (χ3n) is 0.761. The van der Waals surface area contributed by atoms with Crippen LogP contribution >= 0.6 is 14.7 Å². The van der Waals surface area contributed by atoms with Crippen LogP contribution in [-0.2, 0) is 28.4 Å². The highest BCUT2D eigenvalue weighted by Gasteiger charge is 2.29. The predicted octanol–water partition coefficient (Wildman–Crippen LogP) is 1.60. The molecule has 0 aliphatic carbocycles. The highest BCUT2D eigenvalue weighted by atomic mass is 32.4. The zero-order valence-electron chi connectivity index (χ0n) is 4.57. The Hall–Kier alpha value is 0.510. The molecule has 1 N–H and O–H groups in total. The third-order valence-corrected chi connectivity index (χ3v) is 5.46. The summed E-state index contributed by atoms with van der Waals surface area (Å²) in [5, 5.41) is 8.49. The fourth-order valence-electron chi connectivity index (χ4n) is 0.0948. The van der Waals surface area contributed by atoms with Crippen LogP contribution in [0.2, 0.25) is 0 Å². The molecular weight excluding hydrogens is 194 g/mol. The molecule has 0 bridgehead atoms. The zero-order valence-corrected chi connectivity index (χ0v) is 7.99. The average molecular weight is 198 g/mol. The van der Waals surface area contributed by atoms with Gasteiger partial charge < -0.3 is 5.11 Å². The van der Waals surface area contributed by atoms with E-state index in [9.17, 15) is 4.79 Å². The van der Waals surface area contributed by atoms with Crippen molar-refractivity contribution in [2.75, 3.05) is 0 Å². The van der Waals surface area contributed by atoms with E-state index in [1.807, 2.05) is 0 Å². The summed E-state index contributed by atoms with van der Waals surface area (Å²) in [4.78, 5) is 9.41. The van der Waals surface area contributed by atoms with Crippen molar-refractivity contribution in [3.05, 3.63) is 0 Å². The maximum absolute atomic E-state index is 10.3. The number of hydrogen-bond donors (Lipinski definition) is 1. The Balaban J connectivity index is 4.46. The summed E-state index contributed by atoms with van der Waals surface area (Å²) in [6, 6.07) is 0. The van der Waals surface area contributed by atoms with E-state index in [2.05, 4.69) is 23.6 Å². The molecule has 0 unspecified atom stereocenters. The molecule has 0 radical (unpaired) electrons. The average Bonchev–Trinajstić information content (AvgIpc) is 1.86. The monoisotopic (exact) mass is 198 g/mol. The highest BCUT2D eigenvalue weighted by Crippen LogP contribution is 2.34. The summed E-state index contributed by atoms with van der Waals surface area (Å²) in [5.74, 6) is -0.921. The van der Waals surface area contributed by atoms with Gasteiger partial charge in [-0.05, 0) is 6.92 Å². The molecule has 0 spiro atoms. The van der Waals surface area contributed by atoms with Crippen LogP contribution in [0.15, 0.2) is 0 Å². The standard InChI is InChI=1S/C3H4O2P2S2/c1-3(6-8,7-9)2(4)5/h1H3,(H,4,5). The van der Waals surface area contributed by atoms with Crippen molar-refractivity contribution in [2.24, 2.45) is 0 Å². The smallest absolute Gasteiger partial charge is 0.328 e. The summed E-state index contributed by atoms with van der Waals surface area (Å²) in [6.45, 7) is 1.54. The van der Waals surface area contributed by atoms with Gasteiger partial charge in [0, 0.05) is 14.7 Å². The van der Waals surface area contributed by atoms with E-state index in [4.69, 9.17) is 5.11 Å². The van der Waals surface area contributed by atoms with Crippen LogP contribution in [0.3, 0.4) is 0 Å². The maximum atomic E-state index is 10.3. The maximum Gasteiger partial charge on any atom is 0.328 e. The van der Waals surface area contributed by atoms with Gasteiger partial charge >= 0.3 is 5.97 Å². The summed E-state index contributed by atoms with van der Waals surface area (Å²) in [7, 11) is 0.797. The van der Waals surface area contributed by atoms with Crippen molar-refractivity contribution < 1.29 is 9.90 Å². The minimum Gasteiger partial charge on any atom is -0.480 e. The van der Waals surface area contributed by atoms with Crippen LogP contribution in [-0.4, -0.2) is 16.0 Å². The van der Waals surface area contributed by atoms with E-state index in [-0.39, 0.29) is 0 Å². The second kappa shape index (κ2) is 3.62.